The molecule has 8 heavy (non-hydrogen) atoms. The summed E-state index contributed by atoms with van der Waals surface area (Å²) in [4.78, 5) is 0. The highest BCUT2D eigenvalue weighted by Gasteiger charge is 2.42. The lowest BCUT2D eigenvalue weighted by Gasteiger charge is -1.99. The van der Waals surface area contributed by atoms with Gasteiger partial charge in [0.2, 0.25) is 0 Å². The molecule has 0 saturated carbocycles. The van der Waals surface area contributed by atoms with E-state index in [1.54, 1.807) is 0 Å². The van der Waals surface area contributed by atoms with Crippen molar-refractivity contribution >= 4 is 11.6 Å². The van der Waals surface area contributed by atoms with E-state index >= 15 is 0 Å². The van der Waals surface area contributed by atoms with Gasteiger partial charge < -0.3 is 4.74 Å². The van der Waals surface area contributed by atoms with Gasteiger partial charge in [-0.3, -0.25) is 0 Å². The molecule has 1 saturated heterocycles. The van der Waals surface area contributed by atoms with E-state index in [0.717, 1.165) is 13.0 Å². The highest BCUT2D eigenvalue weighted by molar-refractivity contribution is 6.18. The summed E-state index contributed by atoms with van der Waals surface area (Å²) in [6, 6.07) is 0. The standard InChI is InChI=1S/C6H9ClO/c1-2-3-6(4-7)5-8-6/h2H,1,3-5H2. The molecule has 0 aromatic heterocycles. The van der Waals surface area contributed by atoms with E-state index in [1.807, 2.05) is 6.08 Å². The predicted octanol–water partition coefficient (Wildman–Crippen LogP) is 1.57. The number of hydrogen-bond acceptors (Lipinski definition) is 1. The van der Waals surface area contributed by atoms with Crippen molar-refractivity contribution in [2.45, 2.75) is 12.0 Å². The monoisotopic (exact) mass is 132 g/mol. The molecule has 0 aromatic carbocycles. The fourth-order valence-electron chi connectivity index (χ4n) is 0.615. The molecule has 1 unspecified atom stereocenters. The minimum absolute atomic E-state index is 0.0106. The molecule has 1 atom stereocenters. The maximum absolute atomic E-state index is 5.56. The van der Waals surface area contributed by atoms with Gasteiger partial charge in [-0.1, -0.05) is 6.08 Å². The number of hydrogen-bond donors (Lipinski definition) is 0. The lowest BCUT2D eigenvalue weighted by molar-refractivity contribution is 0.329. The van der Waals surface area contributed by atoms with Crippen LogP contribution in [-0.2, 0) is 4.74 Å². The number of ether oxygens (including phenoxy) is 1. The normalized spacial score (nSPS) is 34.6. The second kappa shape index (κ2) is 2.08. The van der Waals surface area contributed by atoms with Gasteiger partial charge in [0.1, 0.15) is 5.60 Å². The van der Waals surface area contributed by atoms with Gasteiger partial charge in [-0.2, -0.15) is 0 Å². The maximum Gasteiger partial charge on any atom is 0.108 e. The average Bonchev–Trinajstić information content (AvgIpc) is 2.50. The summed E-state index contributed by atoms with van der Waals surface area (Å²) in [6.07, 6.45) is 2.73. The Labute approximate surface area is 54.3 Å². The van der Waals surface area contributed by atoms with Crippen LogP contribution in [0.2, 0.25) is 0 Å². The fraction of sp³-hybridized carbons (Fsp3) is 0.667. The van der Waals surface area contributed by atoms with Gasteiger partial charge in [0.25, 0.3) is 0 Å². The van der Waals surface area contributed by atoms with Crippen LogP contribution in [0.4, 0.5) is 0 Å². The third kappa shape index (κ3) is 1.04. The zero-order chi connectivity index (χ0) is 6.04. The maximum atomic E-state index is 5.56. The van der Waals surface area contributed by atoms with Crippen LogP contribution in [0, 0.1) is 0 Å². The highest BCUT2D eigenvalue weighted by Crippen LogP contribution is 2.31. The van der Waals surface area contributed by atoms with Gasteiger partial charge in [-0.05, 0) is 6.42 Å². The Hall–Kier alpha value is -0.0100. The zero-order valence-corrected chi connectivity index (χ0v) is 5.45. The Morgan fingerprint density at radius 1 is 1.88 bits per heavy atom. The van der Waals surface area contributed by atoms with E-state index in [9.17, 15) is 0 Å². The van der Waals surface area contributed by atoms with Crippen molar-refractivity contribution in [3.05, 3.63) is 12.7 Å². The number of alkyl halides is 1. The fourth-order valence-corrected chi connectivity index (χ4v) is 0.878. The van der Waals surface area contributed by atoms with Gasteiger partial charge in [-0.25, -0.2) is 0 Å². The Balaban J connectivity index is 2.29. The third-order valence-corrected chi connectivity index (χ3v) is 1.80. The molecule has 1 aliphatic heterocycles. The number of halogens is 1. The van der Waals surface area contributed by atoms with Gasteiger partial charge in [0.15, 0.2) is 0 Å². The molecule has 1 rings (SSSR count). The first-order chi connectivity index (χ1) is 3.83. The minimum Gasteiger partial charge on any atom is -0.368 e. The van der Waals surface area contributed by atoms with Crippen molar-refractivity contribution < 1.29 is 4.74 Å². The van der Waals surface area contributed by atoms with E-state index in [1.165, 1.54) is 0 Å². The summed E-state index contributed by atoms with van der Waals surface area (Å²) < 4.78 is 5.08. The van der Waals surface area contributed by atoms with Crippen molar-refractivity contribution in [3.63, 3.8) is 0 Å². The van der Waals surface area contributed by atoms with Crippen LogP contribution >= 0.6 is 11.6 Å². The third-order valence-electron chi connectivity index (χ3n) is 1.31. The summed E-state index contributed by atoms with van der Waals surface area (Å²) in [5.41, 5.74) is -0.0106. The van der Waals surface area contributed by atoms with Crippen LogP contribution in [0.25, 0.3) is 0 Å². The molecule has 0 amide bonds. The predicted molar refractivity (Wildman–Crippen MR) is 34.2 cm³/mol. The minimum atomic E-state index is -0.0106. The van der Waals surface area contributed by atoms with Crippen LogP contribution < -0.4 is 0 Å². The molecule has 1 heterocycles. The second-order valence-electron chi connectivity index (χ2n) is 2.10. The average molecular weight is 133 g/mol. The molecule has 0 aromatic rings. The topological polar surface area (TPSA) is 12.5 Å². The number of epoxide rings is 1. The molecule has 1 fully saturated rings. The second-order valence-corrected chi connectivity index (χ2v) is 2.37. The summed E-state index contributed by atoms with van der Waals surface area (Å²) in [6.45, 7) is 4.40. The smallest absolute Gasteiger partial charge is 0.108 e. The van der Waals surface area contributed by atoms with Gasteiger partial charge in [-0.15, -0.1) is 18.2 Å². The lowest BCUT2D eigenvalue weighted by atomic mass is 10.1. The Kier molecular flexibility index (Phi) is 1.59. The number of rotatable bonds is 3. The Bertz CT molecular complexity index is 96.7. The summed E-state index contributed by atoms with van der Waals surface area (Å²) in [5, 5.41) is 0. The van der Waals surface area contributed by atoms with Crippen LogP contribution in [0.1, 0.15) is 6.42 Å². The van der Waals surface area contributed by atoms with Crippen molar-refractivity contribution in [1.82, 2.24) is 0 Å². The molecule has 0 spiro atoms. The Morgan fingerprint density at radius 2 is 2.50 bits per heavy atom. The molecular weight excluding hydrogens is 124 g/mol. The summed E-state index contributed by atoms with van der Waals surface area (Å²) >= 11 is 5.56. The molecular formula is C6H9ClO. The quantitative estimate of drug-likeness (QED) is 0.323. The summed E-state index contributed by atoms with van der Waals surface area (Å²) in [5.74, 6) is 0.596. The summed E-state index contributed by atoms with van der Waals surface area (Å²) in [7, 11) is 0. The molecule has 1 aliphatic rings. The molecule has 2 heteroatoms. The molecule has 0 aliphatic carbocycles. The van der Waals surface area contributed by atoms with Gasteiger partial charge in [0, 0.05) is 0 Å². The van der Waals surface area contributed by atoms with Crippen molar-refractivity contribution in [2.24, 2.45) is 0 Å². The van der Waals surface area contributed by atoms with Crippen molar-refractivity contribution in [1.29, 1.82) is 0 Å². The Morgan fingerprint density at radius 3 is 2.62 bits per heavy atom. The van der Waals surface area contributed by atoms with E-state index < -0.39 is 0 Å². The van der Waals surface area contributed by atoms with E-state index in [4.69, 9.17) is 16.3 Å². The highest BCUT2D eigenvalue weighted by atomic mass is 35.5. The zero-order valence-electron chi connectivity index (χ0n) is 4.69. The van der Waals surface area contributed by atoms with Gasteiger partial charge >= 0.3 is 0 Å². The SMILES string of the molecule is C=CCC1(CCl)CO1. The molecule has 0 N–H and O–H groups in total. The first-order valence-corrected chi connectivity index (χ1v) is 3.17. The van der Waals surface area contributed by atoms with Crippen LogP contribution in [0.5, 0.6) is 0 Å². The molecule has 0 radical (unpaired) electrons. The van der Waals surface area contributed by atoms with E-state index in [-0.39, 0.29) is 5.60 Å². The molecule has 46 valence electrons. The first-order valence-electron chi connectivity index (χ1n) is 2.64. The van der Waals surface area contributed by atoms with Gasteiger partial charge in [0.05, 0.1) is 12.5 Å². The van der Waals surface area contributed by atoms with Crippen LogP contribution in [0.3, 0.4) is 0 Å². The molecule has 0 bridgehead atoms. The van der Waals surface area contributed by atoms with Crippen molar-refractivity contribution in [2.75, 3.05) is 12.5 Å². The van der Waals surface area contributed by atoms with Crippen LogP contribution in [0.15, 0.2) is 12.7 Å². The molecule has 1 nitrogen and oxygen atoms in total. The van der Waals surface area contributed by atoms with E-state index in [2.05, 4.69) is 6.58 Å². The van der Waals surface area contributed by atoms with E-state index in [0.29, 0.717) is 5.88 Å². The van der Waals surface area contributed by atoms with Crippen molar-refractivity contribution in [3.8, 4) is 0 Å². The first kappa shape index (κ1) is 6.12. The van der Waals surface area contributed by atoms with Crippen LogP contribution in [-0.4, -0.2) is 18.1 Å². The lowest BCUT2D eigenvalue weighted by Crippen LogP contribution is -2.10. The largest absolute Gasteiger partial charge is 0.368 e.